The summed E-state index contributed by atoms with van der Waals surface area (Å²) in [5.74, 6) is 1.20. The topological polar surface area (TPSA) is 41.6 Å². The average molecular weight is 308 g/mol. The Morgan fingerprint density at radius 1 is 1.43 bits per heavy atom. The maximum Gasteiger partial charge on any atom is 0.224 e. The first-order valence-electron chi connectivity index (χ1n) is 7.43. The Labute approximate surface area is 131 Å². The highest BCUT2D eigenvalue weighted by Crippen LogP contribution is 2.19. The lowest BCUT2D eigenvalue weighted by Gasteiger charge is -2.31. The molecule has 1 amide bonds. The molecular formula is C16H24N2O2S. The van der Waals surface area contributed by atoms with Crippen molar-refractivity contribution in [3.05, 3.63) is 24.3 Å². The lowest BCUT2D eigenvalue weighted by molar-refractivity contribution is -0.126. The normalized spacial score (nSPS) is 19.2. The molecule has 1 atom stereocenters. The molecule has 0 aromatic heterocycles. The molecule has 21 heavy (non-hydrogen) atoms. The van der Waals surface area contributed by atoms with Crippen LogP contribution in [-0.2, 0) is 4.79 Å². The highest BCUT2D eigenvalue weighted by molar-refractivity contribution is 7.98. The molecule has 2 rings (SSSR count). The summed E-state index contributed by atoms with van der Waals surface area (Å²) in [7, 11) is 1.71. The van der Waals surface area contributed by atoms with Crippen molar-refractivity contribution in [2.24, 2.45) is 5.92 Å². The zero-order valence-corrected chi connectivity index (χ0v) is 13.6. The van der Waals surface area contributed by atoms with Gasteiger partial charge in [0.25, 0.3) is 0 Å². The van der Waals surface area contributed by atoms with Crippen molar-refractivity contribution in [3.63, 3.8) is 0 Å². The minimum absolute atomic E-state index is 0.129. The van der Waals surface area contributed by atoms with E-state index in [-0.39, 0.29) is 11.8 Å². The van der Waals surface area contributed by atoms with Crippen LogP contribution in [0.2, 0.25) is 0 Å². The van der Waals surface area contributed by atoms with Gasteiger partial charge in [0, 0.05) is 25.0 Å². The molecule has 5 heteroatoms. The molecule has 1 aromatic carbocycles. The van der Waals surface area contributed by atoms with Gasteiger partial charge in [0.05, 0.1) is 5.92 Å². The largest absolute Gasteiger partial charge is 0.492 e. The minimum atomic E-state index is 0.129. The lowest BCUT2D eigenvalue weighted by Crippen LogP contribution is -2.43. The van der Waals surface area contributed by atoms with Crippen LogP contribution in [0.3, 0.4) is 0 Å². The van der Waals surface area contributed by atoms with Gasteiger partial charge in [-0.05, 0) is 49.9 Å². The number of benzene rings is 1. The Hall–Kier alpha value is -1.20. The molecule has 0 aliphatic carbocycles. The van der Waals surface area contributed by atoms with Crippen LogP contribution in [-0.4, -0.2) is 50.4 Å². The second-order valence-electron chi connectivity index (χ2n) is 5.28. The Bertz CT molecular complexity index is 450. The number of hydrogen-bond acceptors (Lipinski definition) is 4. The number of nitrogens with one attached hydrogen (secondary N) is 1. The van der Waals surface area contributed by atoms with Gasteiger partial charge in [-0.25, -0.2) is 0 Å². The second-order valence-corrected chi connectivity index (χ2v) is 6.16. The molecule has 0 saturated carbocycles. The zero-order chi connectivity index (χ0) is 15.1. The summed E-state index contributed by atoms with van der Waals surface area (Å²) in [5, 5.41) is 2.75. The van der Waals surface area contributed by atoms with Crippen molar-refractivity contribution in [3.8, 4) is 5.75 Å². The van der Waals surface area contributed by atoms with Gasteiger partial charge in [-0.15, -0.1) is 11.8 Å². The summed E-state index contributed by atoms with van der Waals surface area (Å²) in [6.07, 6.45) is 4.14. The summed E-state index contributed by atoms with van der Waals surface area (Å²) in [6, 6.07) is 8.16. The van der Waals surface area contributed by atoms with Crippen molar-refractivity contribution in [2.45, 2.75) is 17.7 Å². The molecule has 1 aromatic rings. The van der Waals surface area contributed by atoms with Crippen LogP contribution in [0.4, 0.5) is 0 Å². The molecule has 1 saturated heterocycles. The van der Waals surface area contributed by atoms with E-state index in [1.165, 1.54) is 4.90 Å². The van der Waals surface area contributed by atoms with Gasteiger partial charge in [-0.2, -0.15) is 0 Å². The number of hydrogen-bond donors (Lipinski definition) is 1. The number of piperidine rings is 1. The van der Waals surface area contributed by atoms with E-state index in [4.69, 9.17) is 4.74 Å². The van der Waals surface area contributed by atoms with Gasteiger partial charge in [-0.3, -0.25) is 9.69 Å². The molecule has 4 nitrogen and oxygen atoms in total. The maximum atomic E-state index is 11.7. The maximum absolute atomic E-state index is 11.7. The first-order valence-corrected chi connectivity index (χ1v) is 8.66. The summed E-state index contributed by atoms with van der Waals surface area (Å²) >= 11 is 1.73. The lowest BCUT2D eigenvalue weighted by atomic mass is 9.97. The molecule has 0 unspecified atom stereocenters. The number of likely N-dealkylation sites (tertiary alicyclic amines) is 1. The van der Waals surface area contributed by atoms with Gasteiger partial charge >= 0.3 is 0 Å². The average Bonchev–Trinajstić information content (AvgIpc) is 2.55. The Morgan fingerprint density at radius 2 is 2.19 bits per heavy atom. The monoisotopic (exact) mass is 308 g/mol. The van der Waals surface area contributed by atoms with Crippen molar-refractivity contribution in [1.29, 1.82) is 0 Å². The zero-order valence-electron chi connectivity index (χ0n) is 12.8. The third kappa shape index (κ3) is 4.93. The molecule has 0 radical (unpaired) electrons. The van der Waals surface area contributed by atoms with Crippen LogP contribution >= 0.6 is 11.8 Å². The third-order valence-corrected chi connectivity index (χ3v) is 4.60. The number of amides is 1. The van der Waals surface area contributed by atoms with Gasteiger partial charge in [0.15, 0.2) is 0 Å². The molecule has 0 spiro atoms. The fourth-order valence-corrected chi connectivity index (χ4v) is 3.05. The highest BCUT2D eigenvalue weighted by Gasteiger charge is 2.24. The number of rotatable bonds is 6. The quantitative estimate of drug-likeness (QED) is 0.819. The first-order chi connectivity index (χ1) is 10.2. The molecule has 1 fully saturated rings. The van der Waals surface area contributed by atoms with E-state index in [0.717, 1.165) is 38.2 Å². The van der Waals surface area contributed by atoms with Crippen molar-refractivity contribution in [1.82, 2.24) is 10.2 Å². The van der Waals surface area contributed by atoms with Crippen LogP contribution < -0.4 is 10.1 Å². The highest BCUT2D eigenvalue weighted by atomic mass is 32.2. The fraction of sp³-hybridized carbons (Fsp3) is 0.562. The Balaban J connectivity index is 1.73. The van der Waals surface area contributed by atoms with Gasteiger partial charge in [0.2, 0.25) is 5.91 Å². The number of nitrogens with zero attached hydrogens (tertiary/aromatic N) is 1. The van der Waals surface area contributed by atoms with Gasteiger partial charge < -0.3 is 10.1 Å². The van der Waals surface area contributed by atoms with E-state index in [2.05, 4.69) is 28.6 Å². The van der Waals surface area contributed by atoms with Crippen LogP contribution in [0.15, 0.2) is 29.2 Å². The van der Waals surface area contributed by atoms with Crippen LogP contribution in [0.25, 0.3) is 0 Å². The second kappa shape index (κ2) is 8.29. The molecule has 1 heterocycles. The predicted molar refractivity (Wildman–Crippen MR) is 86.9 cm³/mol. The fourth-order valence-electron chi connectivity index (χ4n) is 2.64. The molecule has 0 bridgehead atoms. The van der Waals surface area contributed by atoms with Gasteiger partial charge in [0.1, 0.15) is 12.4 Å². The van der Waals surface area contributed by atoms with Crippen LogP contribution in [0, 0.1) is 5.92 Å². The van der Waals surface area contributed by atoms with Crippen molar-refractivity contribution >= 4 is 17.7 Å². The number of ether oxygens (including phenoxy) is 1. The molecule has 1 N–H and O–H groups in total. The number of thioether (sulfide) groups is 1. The van der Waals surface area contributed by atoms with E-state index in [0.29, 0.717) is 6.61 Å². The van der Waals surface area contributed by atoms with Crippen molar-refractivity contribution in [2.75, 3.05) is 39.5 Å². The van der Waals surface area contributed by atoms with E-state index in [1.54, 1.807) is 18.8 Å². The van der Waals surface area contributed by atoms with Gasteiger partial charge in [-0.1, -0.05) is 0 Å². The number of carbonyl (C=O) groups excluding carboxylic acids is 1. The van der Waals surface area contributed by atoms with E-state index < -0.39 is 0 Å². The molecular weight excluding hydrogens is 284 g/mol. The van der Waals surface area contributed by atoms with Crippen LogP contribution in [0.1, 0.15) is 12.8 Å². The van der Waals surface area contributed by atoms with E-state index in [1.807, 2.05) is 12.1 Å². The summed E-state index contributed by atoms with van der Waals surface area (Å²) < 4.78 is 5.78. The first kappa shape index (κ1) is 16.2. The summed E-state index contributed by atoms with van der Waals surface area (Å²) in [6.45, 7) is 3.44. The third-order valence-electron chi connectivity index (χ3n) is 3.86. The molecule has 1 aliphatic heterocycles. The summed E-state index contributed by atoms with van der Waals surface area (Å²) in [4.78, 5) is 15.3. The van der Waals surface area contributed by atoms with Crippen molar-refractivity contribution < 1.29 is 9.53 Å². The SMILES string of the molecule is CNC(=O)[C@@H]1CCCN(CCOc2ccc(SC)cc2)C1. The Kier molecular flexibility index (Phi) is 6.39. The number of carbonyl (C=O) groups is 1. The van der Waals surface area contributed by atoms with E-state index in [9.17, 15) is 4.79 Å². The molecule has 1 aliphatic rings. The predicted octanol–water partition coefficient (Wildman–Crippen LogP) is 2.25. The summed E-state index contributed by atoms with van der Waals surface area (Å²) in [5.41, 5.74) is 0. The molecule has 116 valence electrons. The smallest absolute Gasteiger partial charge is 0.224 e. The van der Waals surface area contributed by atoms with Crippen LogP contribution in [0.5, 0.6) is 5.75 Å². The van der Waals surface area contributed by atoms with E-state index >= 15 is 0 Å². The minimum Gasteiger partial charge on any atom is -0.492 e. The standard InChI is InChI=1S/C16H24N2O2S/c1-17-16(19)13-4-3-9-18(12-13)10-11-20-14-5-7-15(21-2)8-6-14/h5-8,13H,3-4,9-12H2,1-2H3,(H,17,19)/t13-/m1/s1. The Morgan fingerprint density at radius 3 is 2.86 bits per heavy atom.